The molecule has 2 N–H and O–H groups in total. The van der Waals surface area contributed by atoms with Crippen LogP contribution < -0.4 is 10.6 Å². The highest BCUT2D eigenvalue weighted by molar-refractivity contribution is 7.80. The van der Waals surface area contributed by atoms with Crippen LogP contribution in [-0.2, 0) is 17.6 Å². The Hall–Kier alpha value is -2.52. The third-order valence-corrected chi connectivity index (χ3v) is 6.39. The van der Waals surface area contributed by atoms with Crippen LogP contribution in [0.1, 0.15) is 59.0 Å². The first-order chi connectivity index (χ1) is 14.4. The maximum atomic E-state index is 12.7. The van der Waals surface area contributed by atoms with Crippen LogP contribution in [0.25, 0.3) is 0 Å². The summed E-state index contributed by atoms with van der Waals surface area (Å²) >= 11 is 6.93. The summed E-state index contributed by atoms with van der Waals surface area (Å²) in [5.41, 5.74) is 2.62. The van der Waals surface area contributed by atoms with E-state index in [-0.39, 0.29) is 16.8 Å². The number of esters is 1. The molecule has 0 amide bonds. The number of nitro groups is 1. The second-order valence-electron chi connectivity index (χ2n) is 7.20. The Kier molecular flexibility index (Phi) is 7.38. The minimum absolute atomic E-state index is 0.0526. The average Bonchev–Trinajstić information content (AvgIpc) is 2.99. The van der Waals surface area contributed by atoms with Crippen molar-refractivity contribution < 1.29 is 14.5 Å². The van der Waals surface area contributed by atoms with E-state index >= 15 is 0 Å². The number of carbonyl (C=O) groups excluding carboxylic acids is 1. The molecule has 1 heterocycles. The second kappa shape index (κ2) is 9.99. The zero-order valence-corrected chi connectivity index (χ0v) is 18.7. The van der Waals surface area contributed by atoms with Crippen molar-refractivity contribution in [3.05, 3.63) is 49.9 Å². The van der Waals surface area contributed by atoms with E-state index in [4.69, 9.17) is 17.0 Å². The molecular formula is C21H25N3O4S2. The van der Waals surface area contributed by atoms with Gasteiger partial charge < -0.3 is 15.4 Å². The molecule has 0 atom stereocenters. The molecule has 0 bridgehead atoms. The number of ether oxygens (including phenoxy) is 1. The fraction of sp³-hybridized carbons (Fsp3) is 0.429. The minimum atomic E-state index is -0.446. The number of benzene rings is 1. The largest absolute Gasteiger partial charge is 0.462 e. The molecule has 0 saturated carbocycles. The Morgan fingerprint density at radius 1 is 1.23 bits per heavy atom. The van der Waals surface area contributed by atoms with Gasteiger partial charge in [0.05, 0.1) is 17.1 Å². The SMILES string of the molecule is CCOC(=O)c1c(NC(=S)Nc2ccc(C)cc2[N+](=O)[O-])sc2c1CCCCCC2. The predicted molar refractivity (Wildman–Crippen MR) is 124 cm³/mol. The lowest BCUT2D eigenvalue weighted by molar-refractivity contribution is -0.383. The van der Waals surface area contributed by atoms with Crippen molar-refractivity contribution >= 4 is 51.0 Å². The van der Waals surface area contributed by atoms with E-state index in [0.29, 0.717) is 22.9 Å². The van der Waals surface area contributed by atoms with Gasteiger partial charge in [0, 0.05) is 10.9 Å². The van der Waals surface area contributed by atoms with Gasteiger partial charge in [-0.3, -0.25) is 10.1 Å². The number of hydrogen-bond donors (Lipinski definition) is 2. The highest BCUT2D eigenvalue weighted by Crippen LogP contribution is 2.38. The summed E-state index contributed by atoms with van der Waals surface area (Å²) in [4.78, 5) is 24.8. The Bertz CT molecular complexity index is 971. The number of nitrogens with one attached hydrogen (secondary N) is 2. The Balaban J connectivity index is 1.88. The number of carbonyl (C=O) groups is 1. The summed E-state index contributed by atoms with van der Waals surface area (Å²) in [5, 5.41) is 18.2. The molecule has 0 saturated heterocycles. The molecule has 1 aromatic carbocycles. The molecule has 1 aliphatic rings. The maximum absolute atomic E-state index is 12.7. The van der Waals surface area contributed by atoms with Gasteiger partial charge >= 0.3 is 5.97 Å². The lowest BCUT2D eigenvalue weighted by Crippen LogP contribution is -2.21. The number of hydrogen-bond acceptors (Lipinski definition) is 6. The van der Waals surface area contributed by atoms with E-state index in [2.05, 4.69) is 10.6 Å². The number of anilines is 2. The normalized spacial score (nSPS) is 13.5. The summed E-state index contributed by atoms with van der Waals surface area (Å²) in [7, 11) is 0. The van der Waals surface area contributed by atoms with Gasteiger partial charge in [0.2, 0.25) is 0 Å². The summed E-state index contributed by atoms with van der Waals surface area (Å²) in [6.45, 7) is 3.87. The summed E-state index contributed by atoms with van der Waals surface area (Å²) in [6.07, 6.45) is 6.23. The summed E-state index contributed by atoms with van der Waals surface area (Å²) < 4.78 is 5.30. The number of thiophene rings is 1. The van der Waals surface area contributed by atoms with Crippen LogP contribution in [0.3, 0.4) is 0 Å². The second-order valence-corrected chi connectivity index (χ2v) is 8.71. The van der Waals surface area contributed by atoms with Crippen molar-refractivity contribution in [2.45, 2.75) is 52.4 Å². The zero-order valence-electron chi connectivity index (χ0n) is 17.1. The molecule has 0 aliphatic heterocycles. The molecule has 1 aliphatic carbocycles. The van der Waals surface area contributed by atoms with Gasteiger partial charge in [-0.2, -0.15) is 0 Å². The van der Waals surface area contributed by atoms with Gasteiger partial charge in [-0.15, -0.1) is 11.3 Å². The molecule has 0 radical (unpaired) electrons. The standard InChI is InChI=1S/C21H25N3O4S2/c1-3-28-20(25)18-14-8-6-4-5-7-9-17(14)30-19(18)23-21(29)22-15-11-10-13(2)12-16(15)24(26)27/h10-12H,3-9H2,1-2H3,(H2,22,23,29). The van der Waals surface area contributed by atoms with Crippen LogP contribution in [0, 0.1) is 17.0 Å². The van der Waals surface area contributed by atoms with Gasteiger partial charge in [0.25, 0.3) is 5.69 Å². The highest BCUT2D eigenvalue weighted by Gasteiger charge is 2.26. The fourth-order valence-corrected chi connectivity index (χ4v) is 5.14. The average molecular weight is 448 g/mol. The number of aryl methyl sites for hydroxylation is 2. The van der Waals surface area contributed by atoms with Gasteiger partial charge in [-0.25, -0.2) is 4.79 Å². The third-order valence-electron chi connectivity index (χ3n) is 4.98. The first-order valence-electron chi connectivity index (χ1n) is 10.1. The Morgan fingerprint density at radius 3 is 2.67 bits per heavy atom. The summed E-state index contributed by atoms with van der Waals surface area (Å²) in [6, 6.07) is 4.90. The highest BCUT2D eigenvalue weighted by atomic mass is 32.1. The number of nitrogens with zero attached hydrogens (tertiary/aromatic N) is 1. The molecule has 0 spiro atoms. The van der Waals surface area contributed by atoms with Gasteiger partial charge in [0.15, 0.2) is 5.11 Å². The quantitative estimate of drug-likeness (QED) is 0.266. The van der Waals surface area contributed by atoms with E-state index in [9.17, 15) is 14.9 Å². The topological polar surface area (TPSA) is 93.5 Å². The van der Waals surface area contributed by atoms with Crippen molar-refractivity contribution in [3.8, 4) is 0 Å². The van der Waals surface area contributed by atoms with Crippen LogP contribution in [-0.4, -0.2) is 22.6 Å². The molecule has 3 rings (SSSR count). The third kappa shape index (κ3) is 5.14. The smallest absolute Gasteiger partial charge is 0.341 e. The van der Waals surface area contributed by atoms with Crippen LogP contribution >= 0.6 is 23.6 Å². The Morgan fingerprint density at radius 2 is 1.97 bits per heavy atom. The first-order valence-corrected chi connectivity index (χ1v) is 11.3. The molecule has 1 aromatic heterocycles. The van der Waals surface area contributed by atoms with E-state index in [1.165, 1.54) is 28.7 Å². The molecule has 7 nitrogen and oxygen atoms in total. The van der Waals surface area contributed by atoms with Gasteiger partial charge in [-0.1, -0.05) is 18.9 Å². The Labute approximate surface area is 185 Å². The van der Waals surface area contributed by atoms with Crippen LogP contribution in [0.5, 0.6) is 0 Å². The lowest BCUT2D eigenvalue weighted by Gasteiger charge is -2.13. The van der Waals surface area contributed by atoms with Crippen LogP contribution in [0.15, 0.2) is 18.2 Å². The molecular weight excluding hydrogens is 422 g/mol. The molecule has 160 valence electrons. The van der Waals surface area contributed by atoms with Gasteiger partial charge in [0.1, 0.15) is 10.7 Å². The zero-order chi connectivity index (χ0) is 21.7. The number of thiocarbonyl (C=S) groups is 1. The lowest BCUT2D eigenvalue weighted by atomic mass is 9.96. The van der Waals surface area contributed by atoms with Crippen molar-refractivity contribution in [3.63, 3.8) is 0 Å². The number of nitro benzene ring substituents is 1. The molecule has 0 fully saturated rings. The van der Waals surface area contributed by atoms with E-state index < -0.39 is 4.92 Å². The molecule has 9 heteroatoms. The van der Waals surface area contributed by atoms with Gasteiger partial charge in [-0.05, 0) is 68.9 Å². The van der Waals surface area contributed by atoms with Crippen LogP contribution in [0.2, 0.25) is 0 Å². The predicted octanol–water partition coefficient (Wildman–Crippen LogP) is 5.61. The maximum Gasteiger partial charge on any atom is 0.341 e. The van der Waals surface area contributed by atoms with E-state index in [0.717, 1.165) is 43.2 Å². The van der Waals surface area contributed by atoms with E-state index in [1.54, 1.807) is 26.0 Å². The molecule has 2 aromatic rings. The minimum Gasteiger partial charge on any atom is -0.462 e. The monoisotopic (exact) mass is 447 g/mol. The van der Waals surface area contributed by atoms with Crippen molar-refractivity contribution in [2.24, 2.45) is 0 Å². The van der Waals surface area contributed by atoms with Crippen molar-refractivity contribution in [2.75, 3.05) is 17.2 Å². The van der Waals surface area contributed by atoms with E-state index in [1.807, 2.05) is 0 Å². The fourth-order valence-electron chi connectivity index (χ4n) is 3.58. The van der Waals surface area contributed by atoms with Crippen molar-refractivity contribution in [1.29, 1.82) is 0 Å². The van der Waals surface area contributed by atoms with Crippen molar-refractivity contribution in [1.82, 2.24) is 0 Å². The first kappa shape index (κ1) is 22.2. The summed E-state index contributed by atoms with van der Waals surface area (Å²) in [5.74, 6) is -0.359. The molecule has 30 heavy (non-hydrogen) atoms. The number of fused-ring (bicyclic) bond motifs is 1. The number of rotatable bonds is 5. The van der Waals surface area contributed by atoms with Crippen LogP contribution in [0.4, 0.5) is 16.4 Å². The molecule has 0 unspecified atom stereocenters.